The van der Waals surface area contributed by atoms with Crippen molar-refractivity contribution in [1.82, 2.24) is 4.98 Å². The standard InChI is InChI=1S/C19H19ClNO5P/c1-3-24-27(23,25-4-2)12-13-5-7-14(8-6-13)18-21-17-11-15(20)9-10-16(17)19(22)26-18/h5-11H,3-4,12H2,1-2H3. The lowest BCUT2D eigenvalue weighted by Gasteiger charge is -2.17. The molecule has 0 radical (unpaired) electrons. The van der Waals surface area contributed by atoms with Crippen LogP contribution < -0.4 is 5.63 Å². The van der Waals surface area contributed by atoms with Crippen LogP contribution in [0.15, 0.2) is 51.7 Å². The van der Waals surface area contributed by atoms with Crippen LogP contribution in [-0.2, 0) is 19.8 Å². The lowest BCUT2D eigenvalue weighted by Crippen LogP contribution is -2.03. The largest absolute Gasteiger partial charge is 0.403 e. The maximum Gasteiger partial charge on any atom is 0.347 e. The average molecular weight is 408 g/mol. The Bertz CT molecular complexity index is 1040. The van der Waals surface area contributed by atoms with Crippen molar-refractivity contribution < 1.29 is 18.0 Å². The summed E-state index contributed by atoms with van der Waals surface area (Å²) in [5.41, 5.74) is 1.40. The minimum Gasteiger partial charge on any atom is -0.403 e. The first kappa shape index (κ1) is 19.8. The van der Waals surface area contributed by atoms with Crippen LogP contribution in [0.3, 0.4) is 0 Å². The zero-order valence-corrected chi connectivity index (χ0v) is 16.6. The predicted molar refractivity (Wildman–Crippen MR) is 105 cm³/mol. The van der Waals surface area contributed by atoms with Crippen molar-refractivity contribution in [2.75, 3.05) is 13.2 Å². The zero-order chi connectivity index (χ0) is 19.4. The molecule has 0 atom stereocenters. The molecule has 0 aliphatic rings. The van der Waals surface area contributed by atoms with Crippen molar-refractivity contribution in [2.45, 2.75) is 20.0 Å². The number of nitrogens with zero attached hydrogens (tertiary/aromatic N) is 1. The third kappa shape index (κ3) is 4.66. The summed E-state index contributed by atoms with van der Waals surface area (Å²) in [4.78, 5) is 16.5. The number of hydrogen-bond acceptors (Lipinski definition) is 6. The normalized spacial score (nSPS) is 11.8. The second kappa shape index (κ2) is 8.36. The molecule has 6 nitrogen and oxygen atoms in total. The summed E-state index contributed by atoms with van der Waals surface area (Å²) in [5.74, 6) is 0.194. The van der Waals surface area contributed by atoms with Gasteiger partial charge in [0.2, 0.25) is 5.89 Å². The first-order valence-electron chi connectivity index (χ1n) is 8.52. The summed E-state index contributed by atoms with van der Waals surface area (Å²) < 4.78 is 28.6. The first-order valence-corrected chi connectivity index (χ1v) is 10.6. The van der Waals surface area contributed by atoms with Gasteiger partial charge in [0.05, 0.1) is 30.3 Å². The van der Waals surface area contributed by atoms with Crippen LogP contribution >= 0.6 is 19.2 Å². The molecule has 27 heavy (non-hydrogen) atoms. The fourth-order valence-corrected chi connectivity index (χ4v) is 4.53. The summed E-state index contributed by atoms with van der Waals surface area (Å²) in [7, 11) is -3.18. The van der Waals surface area contributed by atoms with Crippen LogP contribution in [0.2, 0.25) is 5.02 Å². The Kier molecular flexibility index (Phi) is 6.12. The fraction of sp³-hybridized carbons (Fsp3) is 0.263. The number of hydrogen-bond donors (Lipinski definition) is 0. The van der Waals surface area contributed by atoms with Crippen molar-refractivity contribution >= 4 is 30.1 Å². The monoisotopic (exact) mass is 407 g/mol. The highest BCUT2D eigenvalue weighted by molar-refractivity contribution is 7.53. The number of rotatable bonds is 7. The molecule has 2 aromatic carbocycles. The summed E-state index contributed by atoms with van der Waals surface area (Å²) in [5, 5.41) is 0.860. The first-order chi connectivity index (χ1) is 12.9. The Balaban J connectivity index is 1.90. The minimum absolute atomic E-state index is 0.166. The number of halogens is 1. The Hall–Kier alpha value is -1.98. The molecule has 0 aliphatic heterocycles. The highest BCUT2D eigenvalue weighted by Crippen LogP contribution is 2.51. The smallest absolute Gasteiger partial charge is 0.347 e. The molecule has 0 saturated carbocycles. The van der Waals surface area contributed by atoms with Crippen molar-refractivity contribution in [3.63, 3.8) is 0 Å². The maximum atomic E-state index is 12.6. The molecule has 1 aromatic heterocycles. The van der Waals surface area contributed by atoms with Gasteiger partial charge >= 0.3 is 13.2 Å². The van der Waals surface area contributed by atoms with E-state index in [2.05, 4.69) is 4.98 Å². The van der Waals surface area contributed by atoms with E-state index in [1.165, 1.54) is 0 Å². The highest BCUT2D eigenvalue weighted by atomic mass is 35.5. The van der Waals surface area contributed by atoms with Gasteiger partial charge in [0.15, 0.2) is 0 Å². The molecule has 0 N–H and O–H groups in total. The van der Waals surface area contributed by atoms with Gasteiger partial charge in [-0.25, -0.2) is 9.78 Å². The molecule has 3 aromatic rings. The Labute approximate surface area is 161 Å². The second-order valence-electron chi connectivity index (χ2n) is 5.77. The van der Waals surface area contributed by atoms with Crippen LogP contribution in [0.1, 0.15) is 19.4 Å². The quantitative estimate of drug-likeness (QED) is 0.496. The van der Waals surface area contributed by atoms with Gasteiger partial charge in [-0.15, -0.1) is 0 Å². The van der Waals surface area contributed by atoms with E-state index >= 15 is 0 Å². The number of aromatic nitrogens is 1. The SMILES string of the molecule is CCOP(=O)(Cc1ccc(-c2nc3cc(Cl)ccc3c(=O)o2)cc1)OCC. The Morgan fingerprint density at radius 1 is 1.07 bits per heavy atom. The van der Waals surface area contributed by atoms with Crippen molar-refractivity contribution in [3.8, 4) is 11.5 Å². The molecule has 0 spiro atoms. The van der Waals surface area contributed by atoms with E-state index in [9.17, 15) is 9.36 Å². The second-order valence-corrected chi connectivity index (χ2v) is 8.26. The van der Waals surface area contributed by atoms with Crippen LogP contribution in [-0.4, -0.2) is 18.2 Å². The van der Waals surface area contributed by atoms with Gasteiger partial charge in [-0.1, -0.05) is 23.7 Å². The highest BCUT2D eigenvalue weighted by Gasteiger charge is 2.24. The molecule has 0 amide bonds. The lowest BCUT2D eigenvalue weighted by molar-refractivity contribution is 0.219. The third-order valence-electron chi connectivity index (χ3n) is 3.82. The van der Waals surface area contributed by atoms with Gasteiger partial charge in [-0.2, -0.15) is 0 Å². The molecule has 0 unspecified atom stereocenters. The molecule has 0 aliphatic carbocycles. The molecule has 0 bridgehead atoms. The molecular formula is C19H19ClNO5P. The van der Waals surface area contributed by atoms with Crippen LogP contribution in [0.25, 0.3) is 22.4 Å². The van der Waals surface area contributed by atoms with Crippen molar-refractivity contribution in [2.24, 2.45) is 0 Å². The van der Waals surface area contributed by atoms with Gasteiger partial charge in [-0.3, -0.25) is 4.57 Å². The van der Waals surface area contributed by atoms with Gasteiger partial charge in [0.1, 0.15) is 0 Å². The molecule has 1 heterocycles. The summed E-state index contributed by atoms with van der Waals surface area (Å²) in [6.07, 6.45) is 0.166. The minimum atomic E-state index is -3.18. The molecule has 0 saturated heterocycles. The van der Waals surface area contributed by atoms with Gasteiger partial charge in [-0.05, 0) is 49.7 Å². The van der Waals surface area contributed by atoms with E-state index in [4.69, 9.17) is 25.1 Å². The van der Waals surface area contributed by atoms with Crippen LogP contribution in [0.5, 0.6) is 0 Å². The predicted octanol–water partition coefficient (Wildman–Crippen LogP) is 5.27. The van der Waals surface area contributed by atoms with E-state index in [1.807, 2.05) is 0 Å². The van der Waals surface area contributed by atoms with E-state index in [0.29, 0.717) is 34.7 Å². The lowest BCUT2D eigenvalue weighted by atomic mass is 10.1. The van der Waals surface area contributed by atoms with Crippen LogP contribution in [0.4, 0.5) is 0 Å². The number of benzene rings is 2. The van der Waals surface area contributed by atoms with Crippen LogP contribution in [0, 0.1) is 0 Å². The summed E-state index contributed by atoms with van der Waals surface area (Å²) in [6, 6.07) is 11.9. The molecule has 142 valence electrons. The van der Waals surface area contributed by atoms with E-state index in [-0.39, 0.29) is 12.1 Å². The molecular weight excluding hydrogens is 389 g/mol. The third-order valence-corrected chi connectivity index (χ3v) is 6.11. The Morgan fingerprint density at radius 3 is 2.37 bits per heavy atom. The van der Waals surface area contributed by atoms with E-state index < -0.39 is 13.2 Å². The molecule has 0 fully saturated rings. The van der Waals surface area contributed by atoms with Crippen molar-refractivity contribution in [1.29, 1.82) is 0 Å². The average Bonchev–Trinajstić information content (AvgIpc) is 2.62. The fourth-order valence-electron chi connectivity index (χ4n) is 2.67. The van der Waals surface area contributed by atoms with Gasteiger partial charge in [0.25, 0.3) is 0 Å². The van der Waals surface area contributed by atoms with Gasteiger partial charge in [0, 0.05) is 10.6 Å². The number of fused-ring (bicyclic) bond motifs is 1. The van der Waals surface area contributed by atoms with E-state index in [0.717, 1.165) is 5.56 Å². The summed E-state index contributed by atoms with van der Waals surface area (Å²) >= 11 is 5.98. The maximum absolute atomic E-state index is 12.6. The Morgan fingerprint density at radius 2 is 1.74 bits per heavy atom. The van der Waals surface area contributed by atoms with Crippen molar-refractivity contribution in [3.05, 3.63) is 63.5 Å². The van der Waals surface area contributed by atoms with E-state index in [1.54, 1.807) is 56.3 Å². The molecule has 3 rings (SSSR count). The van der Waals surface area contributed by atoms with Gasteiger partial charge < -0.3 is 13.5 Å². The topological polar surface area (TPSA) is 78.6 Å². The molecule has 8 heteroatoms. The zero-order valence-electron chi connectivity index (χ0n) is 15.0. The summed E-state index contributed by atoms with van der Waals surface area (Å²) in [6.45, 7) is 4.16.